The van der Waals surface area contributed by atoms with Crippen LogP contribution in [-0.2, 0) is 0 Å². The van der Waals surface area contributed by atoms with Gasteiger partial charge < -0.3 is 5.32 Å². The SMILES string of the molecule is CNc1ncc(-c2cc(C)ccc2F)s1. The van der Waals surface area contributed by atoms with Gasteiger partial charge in [-0.1, -0.05) is 23.0 Å². The first-order valence-electron chi connectivity index (χ1n) is 4.61. The fourth-order valence-electron chi connectivity index (χ4n) is 1.34. The van der Waals surface area contributed by atoms with Crippen LogP contribution < -0.4 is 5.32 Å². The van der Waals surface area contributed by atoms with E-state index in [9.17, 15) is 4.39 Å². The van der Waals surface area contributed by atoms with Gasteiger partial charge in [-0.05, 0) is 19.1 Å². The Morgan fingerprint density at radius 1 is 1.40 bits per heavy atom. The van der Waals surface area contributed by atoms with Gasteiger partial charge in [0.2, 0.25) is 0 Å². The van der Waals surface area contributed by atoms with Gasteiger partial charge in [-0.2, -0.15) is 0 Å². The predicted molar refractivity (Wildman–Crippen MR) is 61.8 cm³/mol. The monoisotopic (exact) mass is 222 g/mol. The highest BCUT2D eigenvalue weighted by molar-refractivity contribution is 7.18. The number of aryl methyl sites for hydroxylation is 1. The average Bonchev–Trinajstić information content (AvgIpc) is 2.70. The highest BCUT2D eigenvalue weighted by atomic mass is 32.1. The molecule has 0 unspecified atom stereocenters. The molecule has 2 rings (SSSR count). The molecule has 0 saturated heterocycles. The van der Waals surface area contributed by atoms with E-state index >= 15 is 0 Å². The van der Waals surface area contributed by atoms with Crippen molar-refractivity contribution in [2.45, 2.75) is 6.92 Å². The summed E-state index contributed by atoms with van der Waals surface area (Å²) in [6, 6.07) is 5.09. The maximum atomic E-state index is 13.5. The summed E-state index contributed by atoms with van der Waals surface area (Å²) >= 11 is 1.45. The smallest absolute Gasteiger partial charge is 0.182 e. The summed E-state index contributed by atoms with van der Waals surface area (Å²) in [7, 11) is 1.80. The zero-order valence-electron chi connectivity index (χ0n) is 8.54. The Balaban J connectivity index is 2.48. The molecule has 1 aromatic heterocycles. The van der Waals surface area contributed by atoms with Crippen LogP contribution in [0.25, 0.3) is 10.4 Å². The summed E-state index contributed by atoms with van der Waals surface area (Å²) in [6.45, 7) is 1.95. The predicted octanol–water partition coefficient (Wildman–Crippen LogP) is 3.30. The molecule has 4 heteroatoms. The van der Waals surface area contributed by atoms with Crippen LogP contribution in [0.3, 0.4) is 0 Å². The van der Waals surface area contributed by atoms with Crippen molar-refractivity contribution in [3.8, 4) is 10.4 Å². The van der Waals surface area contributed by atoms with Crippen molar-refractivity contribution in [2.75, 3.05) is 12.4 Å². The van der Waals surface area contributed by atoms with Gasteiger partial charge in [-0.25, -0.2) is 9.37 Å². The van der Waals surface area contributed by atoms with Gasteiger partial charge >= 0.3 is 0 Å². The molecule has 0 radical (unpaired) electrons. The second-order valence-corrected chi connectivity index (χ2v) is 4.29. The van der Waals surface area contributed by atoms with Crippen LogP contribution in [0.1, 0.15) is 5.56 Å². The quantitative estimate of drug-likeness (QED) is 0.843. The van der Waals surface area contributed by atoms with E-state index in [-0.39, 0.29) is 5.82 Å². The van der Waals surface area contributed by atoms with Crippen LogP contribution in [0.5, 0.6) is 0 Å². The third kappa shape index (κ3) is 1.99. The Hall–Kier alpha value is -1.42. The van der Waals surface area contributed by atoms with E-state index in [1.54, 1.807) is 19.3 Å². The summed E-state index contributed by atoms with van der Waals surface area (Å²) in [4.78, 5) is 4.97. The molecule has 0 amide bonds. The number of hydrogen-bond acceptors (Lipinski definition) is 3. The molecular formula is C11H11FN2S. The lowest BCUT2D eigenvalue weighted by Gasteiger charge is -2.00. The van der Waals surface area contributed by atoms with Crippen molar-refractivity contribution < 1.29 is 4.39 Å². The summed E-state index contributed by atoms with van der Waals surface area (Å²) in [5.74, 6) is -0.202. The second-order valence-electron chi connectivity index (χ2n) is 3.26. The first kappa shape index (κ1) is 10.1. The van der Waals surface area contributed by atoms with Gasteiger partial charge in [0, 0.05) is 18.8 Å². The molecule has 0 aliphatic carbocycles. The van der Waals surface area contributed by atoms with Crippen LogP contribution in [0.15, 0.2) is 24.4 Å². The highest BCUT2D eigenvalue weighted by Gasteiger charge is 2.08. The molecular weight excluding hydrogens is 211 g/mol. The summed E-state index contributed by atoms with van der Waals surface area (Å²) in [6.07, 6.45) is 1.69. The van der Waals surface area contributed by atoms with Gasteiger partial charge in [-0.3, -0.25) is 0 Å². The Kier molecular flexibility index (Phi) is 2.68. The molecule has 0 atom stereocenters. The molecule has 0 fully saturated rings. The zero-order chi connectivity index (χ0) is 10.8. The Bertz CT molecular complexity index is 479. The van der Waals surface area contributed by atoms with Crippen LogP contribution >= 0.6 is 11.3 Å². The fourth-order valence-corrected chi connectivity index (χ4v) is 2.13. The molecule has 1 N–H and O–H groups in total. The van der Waals surface area contributed by atoms with E-state index < -0.39 is 0 Å². The van der Waals surface area contributed by atoms with Crippen LogP contribution in [0, 0.1) is 12.7 Å². The third-order valence-electron chi connectivity index (χ3n) is 2.11. The van der Waals surface area contributed by atoms with Crippen molar-refractivity contribution >= 4 is 16.5 Å². The van der Waals surface area contributed by atoms with Gasteiger partial charge in [0.25, 0.3) is 0 Å². The number of hydrogen-bond donors (Lipinski definition) is 1. The van der Waals surface area contributed by atoms with Crippen molar-refractivity contribution in [3.63, 3.8) is 0 Å². The van der Waals surface area contributed by atoms with Crippen molar-refractivity contribution in [1.29, 1.82) is 0 Å². The van der Waals surface area contributed by atoms with E-state index in [4.69, 9.17) is 0 Å². The minimum absolute atomic E-state index is 0.202. The van der Waals surface area contributed by atoms with Crippen LogP contribution in [0.4, 0.5) is 9.52 Å². The molecule has 0 aliphatic heterocycles. The van der Waals surface area contributed by atoms with E-state index in [0.717, 1.165) is 15.6 Å². The van der Waals surface area contributed by atoms with Gasteiger partial charge in [0.1, 0.15) is 5.82 Å². The number of aromatic nitrogens is 1. The van der Waals surface area contributed by atoms with Crippen molar-refractivity contribution in [3.05, 3.63) is 35.8 Å². The van der Waals surface area contributed by atoms with Crippen LogP contribution in [-0.4, -0.2) is 12.0 Å². The van der Waals surface area contributed by atoms with E-state index in [0.29, 0.717) is 5.56 Å². The minimum atomic E-state index is -0.202. The van der Waals surface area contributed by atoms with Crippen LogP contribution in [0.2, 0.25) is 0 Å². The molecule has 0 spiro atoms. The fraction of sp³-hybridized carbons (Fsp3) is 0.182. The molecule has 0 bridgehead atoms. The minimum Gasteiger partial charge on any atom is -0.365 e. The van der Waals surface area contributed by atoms with E-state index in [2.05, 4.69) is 10.3 Å². The lowest BCUT2D eigenvalue weighted by molar-refractivity contribution is 0.631. The largest absolute Gasteiger partial charge is 0.365 e. The third-order valence-corrected chi connectivity index (χ3v) is 3.15. The molecule has 1 aromatic carbocycles. The molecule has 2 nitrogen and oxygen atoms in total. The maximum Gasteiger partial charge on any atom is 0.182 e. The topological polar surface area (TPSA) is 24.9 Å². The number of halogens is 1. The zero-order valence-corrected chi connectivity index (χ0v) is 9.36. The van der Waals surface area contributed by atoms with Gasteiger partial charge in [0.15, 0.2) is 5.13 Å². The first-order chi connectivity index (χ1) is 7.20. The number of nitrogens with one attached hydrogen (secondary N) is 1. The molecule has 0 aliphatic rings. The summed E-state index contributed by atoms with van der Waals surface area (Å²) in [5, 5.41) is 3.73. The van der Waals surface area contributed by atoms with Gasteiger partial charge in [-0.15, -0.1) is 0 Å². The lowest BCUT2D eigenvalue weighted by atomic mass is 10.1. The standard InChI is InChI=1S/C11H11FN2S/c1-7-3-4-9(12)8(5-7)10-6-14-11(13-2)15-10/h3-6H,1-2H3,(H,13,14). The van der Waals surface area contributed by atoms with E-state index in [1.807, 2.05) is 13.0 Å². The second kappa shape index (κ2) is 3.98. The number of rotatable bonds is 2. The van der Waals surface area contributed by atoms with Gasteiger partial charge in [0.05, 0.1) is 4.88 Å². The highest BCUT2D eigenvalue weighted by Crippen LogP contribution is 2.31. The number of benzene rings is 1. The number of thiazole rings is 1. The molecule has 78 valence electrons. The Labute approximate surface area is 91.8 Å². The molecule has 2 aromatic rings. The first-order valence-corrected chi connectivity index (χ1v) is 5.42. The lowest BCUT2D eigenvalue weighted by Crippen LogP contribution is -1.83. The Morgan fingerprint density at radius 3 is 2.87 bits per heavy atom. The average molecular weight is 222 g/mol. The maximum absolute atomic E-state index is 13.5. The molecule has 15 heavy (non-hydrogen) atoms. The molecule has 1 heterocycles. The summed E-state index contributed by atoms with van der Waals surface area (Å²) < 4.78 is 13.5. The van der Waals surface area contributed by atoms with E-state index in [1.165, 1.54) is 17.4 Å². The summed E-state index contributed by atoms with van der Waals surface area (Å²) in [5.41, 5.74) is 1.67. The number of nitrogens with zero attached hydrogens (tertiary/aromatic N) is 1. The number of anilines is 1. The normalized spacial score (nSPS) is 10.3. The molecule has 0 saturated carbocycles. The van der Waals surface area contributed by atoms with Crippen molar-refractivity contribution in [2.24, 2.45) is 0 Å². The Morgan fingerprint density at radius 2 is 2.20 bits per heavy atom. The van der Waals surface area contributed by atoms with Crippen molar-refractivity contribution in [1.82, 2.24) is 4.98 Å².